The summed E-state index contributed by atoms with van der Waals surface area (Å²) < 4.78 is 19.5. The summed E-state index contributed by atoms with van der Waals surface area (Å²) in [5.74, 6) is 2.28. The van der Waals surface area contributed by atoms with Crippen LogP contribution in [0.1, 0.15) is 47.9 Å². The number of ketones is 1. The fraction of sp³-hybridized carbons (Fsp3) is 0.172. The number of carbonyl (C=O) groups excluding carboxylic acids is 2. The lowest BCUT2D eigenvalue weighted by molar-refractivity contribution is 0.0928. The van der Waals surface area contributed by atoms with Crippen LogP contribution in [0.4, 0.5) is 4.39 Å². The normalized spacial score (nSPS) is 11.3. The van der Waals surface area contributed by atoms with Gasteiger partial charge in [-0.1, -0.05) is 31.0 Å². The van der Waals surface area contributed by atoms with Gasteiger partial charge in [-0.25, -0.2) is 4.39 Å². The molecule has 0 atom stereocenters. The van der Waals surface area contributed by atoms with Gasteiger partial charge in [0.05, 0.1) is 11.1 Å². The van der Waals surface area contributed by atoms with Crippen molar-refractivity contribution in [2.75, 3.05) is 0 Å². The number of benzene rings is 3. The molecule has 4 nitrogen and oxygen atoms in total. The smallest absolute Gasteiger partial charge is 0.252 e. The molecule has 0 spiro atoms. The Morgan fingerprint density at radius 3 is 2.35 bits per heavy atom. The minimum Gasteiger partial charge on any atom is -0.455 e. The monoisotopic (exact) mass is 453 g/mol. The predicted molar refractivity (Wildman–Crippen MR) is 132 cm³/mol. The molecule has 4 aromatic rings. The Hall–Kier alpha value is -4.17. The van der Waals surface area contributed by atoms with E-state index < -0.39 is 5.54 Å². The number of Topliss-reactive ketones (excluding diaryl/α,β-unsaturated/α-hetero) is 1. The number of rotatable bonds is 6. The van der Waals surface area contributed by atoms with Crippen LogP contribution in [0.25, 0.3) is 33.4 Å². The van der Waals surface area contributed by atoms with Crippen LogP contribution in [0, 0.1) is 18.2 Å². The van der Waals surface area contributed by atoms with E-state index in [1.165, 1.54) is 12.1 Å². The first-order valence-electron chi connectivity index (χ1n) is 11.0. The highest BCUT2D eigenvalue weighted by atomic mass is 19.1. The van der Waals surface area contributed by atoms with Gasteiger partial charge in [-0.2, -0.15) is 0 Å². The van der Waals surface area contributed by atoms with Crippen molar-refractivity contribution in [2.24, 2.45) is 0 Å². The molecular formula is C29H24FNO3. The van der Waals surface area contributed by atoms with Gasteiger partial charge in [-0.15, -0.1) is 6.42 Å². The molecule has 3 aromatic carbocycles. The molecule has 0 bridgehead atoms. The van der Waals surface area contributed by atoms with E-state index in [-0.39, 0.29) is 17.5 Å². The molecule has 0 aliphatic heterocycles. The van der Waals surface area contributed by atoms with Gasteiger partial charge in [0.15, 0.2) is 5.78 Å². The molecular weight excluding hydrogens is 429 g/mol. The van der Waals surface area contributed by atoms with E-state index in [9.17, 15) is 14.0 Å². The van der Waals surface area contributed by atoms with Crippen molar-refractivity contribution in [3.8, 4) is 34.8 Å². The zero-order chi connectivity index (χ0) is 24.5. The van der Waals surface area contributed by atoms with E-state index in [1.807, 2.05) is 18.2 Å². The molecule has 0 unspecified atom stereocenters. The number of nitrogens with one attached hydrogen (secondary N) is 1. The first kappa shape index (κ1) is 23.0. The highest BCUT2D eigenvalue weighted by Gasteiger charge is 2.22. The quantitative estimate of drug-likeness (QED) is 0.263. The molecule has 1 heterocycles. The van der Waals surface area contributed by atoms with Crippen molar-refractivity contribution in [3.63, 3.8) is 0 Å². The maximum atomic E-state index is 13.4. The maximum absolute atomic E-state index is 13.4. The van der Waals surface area contributed by atoms with E-state index in [2.05, 4.69) is 11.2 Å². The SMILES string of the molecule is C#CC(C)(C)NC(=O)c1cccc(-c2ccc3oc(-c4ccc(F)cc4)c(C(=O)CC)c3c2)c1. The first-order valence-corrected chi connectivity index (χ1v) is 11.0. The number of furan rings is 1. The number of halogens is 1. The average molecular weight is 454 g/mol. The molecule has 1 N–H and O–H groups in total. The van der Waals surface area contributed by atoms with Crippen molar-refractivity contribution < 1.29 is 18.4 Å². The van der Waals surface area contributed by atoms with Crippen LogP contribution in [0.15, 0.2) is 71.1 Å². The van der Waals surface area contributed by atoms with Crippen LogP contribution in [-0.2, 0) is 0 Å². The van der Waals surface area contributed by atoms with Crippen LogP contribution in [-0.4, -0.2) is 17.2 Å². The molecule has 34 heavy (non-hydrogen) atoms. The topological polar surface area (TPSA) is 59.3 Å². The highest BCUT2D eigenvalue weighted by molar-refractivity contribution is 6.12. The summed E-state index contributed by atoms with van der Waals surface area (Å²) in [6.45, 7) is 5.30. The second kappa shape index (κ2) is 8.99. The van der Waals surface area contributed by atoms with Crippen LogP contribution in [0.3, 0.4) is 0 Å². The van der Waals surface area contributed by atoms with Crippen molar-refractivity contribution in [1.82, 2.24) is 5.32 Å². The van der Waals surface area contributed by atoms with Gasteiger partial charge in [-0.05, 0) is 73.5 Å². The van der Waals surface area contributed by atoms with Crippen LogP contribution < -0.4 is 5.32 Å². The van der Waals surface area contributed by atoms with Crippen molar-refractivity contribution in [1.29, 1.82) is 0 Å². The molecule has 0 saturated carbocycles. The summed E-state index contributed by atoms with van der Waals surface area (Å²) >= 11 is 0. The lowest BCUT2D eigenvalue weighted by atomic mass is 9.97. The highest BCUT2D eigenvalue weighted by Crippen LogP contribution is 2.37. The van der Waals surface area contributed by atoms with Gasteiger partial charge in [0.1, 0.15) is 17.2 Å². The van der Waals surface area contributed by atoms with Crippen molar-refractivity contribution >= 4 is 22.7 Å². The zero-order valence-electron chi connectivity index (χ0n) is 19.2. The summed E-state index contributed by atoms with van der Waals surface area (Å²) in [6.07, 6.45) is 5.79. The molecule has 4 rings (SSSR count). The van der Waals surface area contributed by atoms with Gasteiger partial charge in [0, 0.05) is 22.9 Å². The molecule has 0 aliphatic carbocycles. The van der Waals surface area contributed by atoms with Crippen molar-refractivity contribution in [2.45, 2.75) is 32.7 Å². The third-order valence-corrected chi connectivity index (χ3v) is 5.64. The second-order valence-corrected chi connectivity index (χ2v) is 8.61. The largest absolute Gasteiger partial charge is 0.455 e. The minimum absolute atomic E-state index is 0.0696. The van der Waals surface area contributed by atoms with E-state index in [1.54, 1.807) is 57.2 Å². The lowest BCUT2D eigenvalue weighted by Crippen LogP contribution is -2.42. The van der Waals surface area contributed by atoms with E-state index >= 15 is 0 Å². The standard InChI is InChI=1S/C29H24FNO3/c1-5-24(32)26-23-17-20(12-15-25(23)34-27(26)18-10-13-22(30)14-11-18)19-8-7-9-21(16-19)28(33)31-29(3,4)6-2/h2,7-17H,5H2,1,3-4H3,(H,31,33). The molecule has 0 saturated heterocycles. The third kappa shape index (κ3) is 4.49. The number of amides is 1. The zero-order valence-corrected chi connectivity index (χ0v) is 19.2. The number of hydrogen-bond donors (Lipinski definition) is 1. The molecule has 5 heteroatoms. The van der Waals surface area contributed by atoms with Gasteiger partial charge in [-0.3, -0.25) is 9.59 Å². The Morgan fingerprint density at radius 2 is 1.68 bits per heavy atom. The van der Waals surface area contributed by atoms with Gasteiger partial charge < -0.3 is 9.73 Å². The third-order valence-electron chi connectivity index (χ3n) is 5.64. The van der Waals surface area contributed by atoms with Crippen LogP contribution in [0.2, 0.25) is 0 Å². The Kier molecular flexibility index (Phi) is 6.08. The van der Waals surface area contributed by atoms with Crippen LogP contribution in [0.5, 0.6) is 0 Å². The number of carbonyl (C=O) groups is 2. The van der Waals surface area contributed by atoms with Crippen LogP contribution >= 0.6 is 0 Å². The molecule has 0 aliphatic rings. The second-order valence-electron chi connectivity index (χ2n) is 8.61. The molecule has 0 radical (unpaired) electrons. The Balaban J connectivity index is 1.80. The number of hydrogen-bond acceptors (Lipinski definition) is 3. The number of terminal acetylenes is 1. The maximum Gasteiger partial charge on any atom is 0.252 e. The summed E-state index contributed by atoms with van der Waals surface area (Å²) in [5.41, 5.74) is 3.01. The Labute approximate surface area is 197 Å². The van der Waals surface area contributed by atoms with E-state index in [0.29, 0.717) is 39.8 Å². The Morgan fingerprint density at radius 1 is 1.00 bits per heavy atom. The average Bonchev–Trinajstić information content (AvgIpc) is 3.22. The Bertz CT molecular complexity index is 1440. The summed E-state index contributed by atoms with van der Waals surface area (Å²) in [6, 6.07) is 18.6. The fourth-order valence-electron chi connectivity index (χ4n) is 3.77. The molecule has 170 valence electrons. The predicted octanol–water partition coefficient (Wildman–Crippen LogP) is 6.64. The van der Waals surface area contributed by atoms with Gasteiger partial charge in [0.25, 0.3) is 5.91 Å². The summed E-state index contributed by atoms with van der Waals surface area (Å²) in [4.78, 5) is 25.6. The van der Waals surface area contributed by atoms with E-state index in [0.717, 1.165) is 11.1 Å². The summed E-state index contributed by atoms with van der Waals surface area (Å²) in [7, 11) is 0. The van der Waals surface area contributed by atoms with Crippen molar-refractivity contribution in [3.05, 3.63) is 83.7 Å². The minimum atomic E-state index is -0.769. The first-order chi connectivity index (χ1) is 16.2. The van der Waals surface area contributed by atoms with E-state index in [4.69, 9.17) is 10.8 Å². The number of fused-ring (bicyclic) bond motifs is 1. The summed E-state index contributed by atoms with van der Waals surface area (Å²) in [5, 5.41) is 3.50. The van der Waals surface area contributed by atoms with Gasteiger partial charge >= 0.3 is 0 Å². The molecule has 1 aromatic heterocycles. The van der Waals surface area contributed by atoms with Gasteiger partial charge in [0.2, 0.25) is 0 Å². The molecule has 1 amide bonds. The fourth-order valence-corrected chi connectivity index (χ4v) is 3.77. The molecule has 0 fully saturated rings. The lowest BCUT2D eigenvalue weighted by Gasteiger charge is -2.19.